The van der Waals surface area contributed by atoms with Crippen molar-refractivity contribution in [3.8, 4) is 5.75 Å². The van der Waals surface area contributed by atoms with Gasteiger partial charge in [-0.25, -0.2) is 0 Å². The van der Waals surface area contributed by atoms with E-state index in [0.29, 0.717) is 18.8 Å². The van der Waals surface area contributed by atoms with E-state index in [-0.39, 0.29) is 29.8 Å². The molecule has 0 saturated heterocycles. The number of para-hydroxylation sites is 1. The van der Waals surface area contributed by atoms with E-state index in [4.69, 9.17) is 10.5 Å². The van der Waals surface area contributed by atoms with Gasteiger partial charge in [0.05, 0.1) is 19.1 Å². The Hall–Kier alpha value is -3.52. The van der Waals surface area contributed by atoms with Crippen LogP contribution < -0.4 is 26.4 Å². The lowest BCUT2D eigenvalue weighted by molar-refractivity contribution is -0.127. The number of carbonyl (C=O) groups is 2. The Labute approximate surface area is 206 Å². The van der Waals surface area contributed by atoms with Crippen LogP contribution in [0, 0.1) is 5.92 Å². The number of benzene rings is 2. The van der Waals surface area contributed by atoms with Gasteiger partial charge in [0.1, 0.15) is 11.4 Å². The first-order valence-corrected chi connectivity index (χ1v) is 12.2. The molecule has 2 amide bonds. The number of carbonyl (C=O) groups excluding carboxylic acids is 2. The topological polar surface area (TPSA) is 110 Å². The highest BCUT2D eigenvalue weighted by Gasteiger charge is 2.33. The van der Waals surface area contributed by atoms with E-state index in [0.717, 1.165) is 48.0 Å². The maximum atomic E-state index is 13.2. The van der Waals surface area contributed by atoms with Crippen molar-refractivity contribution < 1.29 is 14.3 Å². The third-order valence-electron chi connectivity index (χ3n) is 6.88. The molecule has 5 N–H and O–H groups in total. The van der Waals surface area contributed by atoms with Gasteiger partial charge in [0.25, 0.3) is 5.91 Å². The number of anilines is 1. The molecule has 0 aliphatic heterocycles. The van der Waals surface area contributed by atoms with E-state index in [1.165, 1.54) is 0 Å². The van der Waals surface area contributed by atoms with Gasteiger partial charge in [-0.3, -0.25) is 9.59 Å². The highest BCUT2D eigenvalue weighted by molar-refractivity contribution is 5.99. The zero-order valence-electron chi connectivity index (χ0n) is 20.4. The molecule has 3 aromatic rings. The van der Waals surface area contributed by atoms with Gasteiger partial charge in [-0.2, -0.15) is 0 Å². The highest BCUT2D eigenvalue weighted by Crippen LogP contribution is 2.26. The summed E-state index contributed by atoms with van der Waals surface area (Å²) < 4.78 is 7.09. The summed E-state index contributed by atoms with van der Waals surface area (Å²) in [5.41, 5.74) is 8.49. The second kappa shape index (κ2) is 11.3. The summed E-state index contributed by atoms with van der Waals surface area (Å²) in [4.78, 5) is 26.4. The molecule has 0 bridgehead atoms. The van der Waals surface area contributed by atoms with Crippen LogP contribution >= 0.6 is 0 Å². The maximum Gasteiger partial charge on any atom is 0.268 e. The molecule has 0 spiro atoms. The number of nitrogens with zero attached hydrogens (tertiary/aromatic N) is 1. The Balaban J connectivity index is 1.37. The van der Waals surface area contributed by atoms with Crippen molar-refractivity contribution in [2.45, 2.75) is 37.8 Å². The summed E-state index contributed by atoms with van der Waals surface area (Å²) in [6, 6.07) is 17.0. The Kier molecular flexibility index (Phi) is 7.92. The van der Waals surface area contributed by atoms with E-state index in [9.17, 15) is 9.59 Å². The average Bonchev–Trinajstić information content (AvgIpc) is 3.23. The fraction of sp³-hybridized carbons (Fsp3) is 0.407. The SMILES string of the molecule is COc1ccc(NC[C@H](CN)NC(=O)[C@@H]2CCCCC2NC(=O)c2cc3ccccc3n2C)cc1. The maximum absolute atomic E-state index is 13.2. The van der Waals surface area contributed by atoms with Gasteiger partial charge in [-0.1, -0.05) is 31.0 Å². The fourth-order valence-corrected chi connectivity index (χ4v) is 4.82. The molecule has 3 atom stereocenters. The molecule has 1 unspecified atom stereocenters. The first kappa shape index (κ1) is 24.6. The van der Waals surface area contributed by atoms with E-state index in [2.05, 4.69) is 16.0 Å². The average molecular weight is 478 g/mol. The molecular formula is C27H35N5O3. The van der Waals surface area contributed by atoms with Gasteiger partial charge >= 0.3 is 0 Å². The van der Waals surface area contributed by atoms with Crippen molar-refractivity contribution in [1.29, 1.82) is 0 Å². The zero-order chi connectivity index (χ0) is 24.8. The van der Waals surface area contributed by atoms with Crippen LogP contribution in [-0.2, 0) is 11.8 Å². The number of fused-ring (bicyclic) bond motifs is 1. The third kappa shape index (κ3) is 5.77. The molecule has 2 aromatic carbocycles. The summed E-state index contributed by atoms with van der Waals surface area (Å²) in [7, 11) is 3.52. The predicted molar refractivity (Wildman–Crippen MR) is 139 cm³/mol. The number of hydrogen-bond acceptors (Lipinski definition) is 5. The quantitative estimate of drug-likeness (QED) is 0.379. The molecule has 1 heterocycles. The lowest BCUT2D eigenvalue weighted by Crippen LogP contribution is -2.53. The Bertz CT molecular complexity index is 1160. The summed E-state index contributed by atoms with van der Waals surface area (Å²) in [5.74, 6) is 0.300. The molecule has 1 aromatic heterocycles. The number of aromatic nitrogens is 1. The van der Waals surface area contributed by atoms with Crippen LogP contribution in [-0.4, -0.2) is 48.7 Å². The molecule has 35 heavy (non-hydrogen) atoms. The van der Waals surface area contributed by atoms with E-state index >= 15 is 0 Å². The van der Waals surface area contributed by atoms with Crippen LogP contribution in [0.25, 0.3) is 10.9 Å². The first-order chi connectivity index (χ1) is 17.0. The minimum absolute atomic E-state index is 0.0565. The number of amides is 2. The standard InChI is InChI=1S/C27H35N5O3/c1-32-24-10-6-3-7-18(24)15-25(32)27(34)31-23-9-5-4-8-22(23)26(33)30-20(16-28)17-29-19-11-13-21(35-2)14-12-19/h3,6-7,10-15,20,22-23,29H,4-5,8-9,16-17,28H2,1-2H3,(H,30,33)(H,31,34)/t20-,22+,23?/m0/s1. The smallest absolute Gasteiger partial charge is 0.268 e. The minimum atomic E-state index is -0.280. The van der Waals surface area contributed by atoms with Crippen LogP contribution in [0.15, 0.2) is 54.6 Å². The van der Waals surface area contributed by atoms with Crippen LogP contribution in [0.4, 0.5) is 5.69 Å². The van der Waals surface area contributed by atoms with Crippen molar-refractivity contribution in [2.24, 2.45) is 18.7 Å². The Morgan fingerprint density at radius 1 is 1.11 bits per heavy atom. The van der Waals surface area contributed by atoms with Crippen molar-refractivity contribution in [3.63, 3.8) is 0 Å². The molecule has 0 radical (unpaired) electrons. The molecular weight excluding hydrogens is 442 g/mol. The van der Waals surface area contributed by atoms with Gasteiger partial charge in [0, 0.05) is 42.8 Å². The zero-order valence-corrected chi connectivity index (χ0v) is 20.4. The Morgan fingerprint density at radius 3 is 2.57 bits per heavy atom. The minimum Gasteiger partial charge on any atom is -0.497 e. The summed E-state index contributed by atoms with van der Waals surface area (Å²) >= 11 is 0. The van der Waals surface area contributed by atoms with Crippen molar-refractivity contribution in [3.05, 3.63) is 60.3 Å². The summed E-state index contributed by atoms with van der Waals surface area (Å²) in [6.07, 6.45) is 3.49. The largest absolute Gasteiger partial charge is 0.497 e. The van der Waals surface area contributed by atoms with Crippen molar-refractivity contribution in [1.82, 2.24) is 15.2 Å². The van der Waals surface area contributed by atoms with Crippen LogP contribution in [0.5, 0.6) is 5.75 Å². The van der Waals surface area contributed by atoms with Gasteiger partial charge < -0.3 is 31.0 Å². The highest BCUT2D eigenvalue weighted by atomic mass is 16.5. The lowest BCUT2D eigenvalue weighted by atomic mass is 9.83. The van der Waals surface area contributed by atoms with Crippen molar-refractivity contribution in [2.75, 3.05) is 25.5 Å². The number of nitrogens with one attached hydrogen (secondary N) is 3. The third-order valence-corrected chi connectivity index (χ3v) is 6.88. The fourth-order valence-electron chi connectivity index (χ4n) is 4.82. The number of nitrogens with two attached hydrogens (primary N) is 1. The van der Waals surface area contributed by atoms with E-state index in [1.54, 1.807) is 7.11 Å². The second-order valence-electron chi connectivity index (χ2n) is 9.17. The monoisotopic (exact) mass is 477 g/mol. The van der Waals surface area contributed by atoms with Crippen LogP contribution in [0.1, 0.15) is 36.2 Å². The summed E-state index contributed by atoms with van der Waals surface area (Å²) in [6.45, 7) is 0.822. The molecule has 186 valence electrons. The van der Waals surface area contributed by atoms with E-state index in [1.807, 2.05) is 66.2 Å². The van der Waals surface area contributed by atoms with Gasteiger partial charge in [0.15, 0.2) is 0 Å². The summed E-state index contributed by atoms with van der Waals surface area (Å²) in [5, 5.41) is 10.6. The molecule has 4 rings (SSSR count). The van der Waals surface area contributed by atoms with E-state index < -0.39 is 0 Å². The van der Waals surface area contributed by atoms with Gasteiger partial charge in [0.2, 0.25) is 5.91 Å². The van der Waals surface area contributed by atoms with Gasteiger partial charge in [-0.05, 0) is 49.2 Å². The normalized spacial score (nSPS) is 18.6. The lowest BCUT2D eigenvalue weighted by Gasteiger charge is -2.32. The molecule has 1 aliphatic rings. The van der Waals surface area contributed by atoms with Crippen LogP contribution in [0.3, 0.4) is 0 Å². The number of methoxy groups -OCH3 is 1. The number of rotatable bonds is 9. The van der Waals surface area contributed by atoms with Gasteiger partial charge in [-0.15, -0.1) is 0 Å². The van der Waals surface area contributed by atoms with Crippen molar-refractivity contribution >= 4 is 28.4 Å². The first-order valence-electron chi connectivity index (χ1n) is 12.2. The number of hydrogen-bond donors (Lipinski definition) is 4. The molecule has 8 heteroatoms. The molecule has 8 nitrogen and oxygen atoms in total. The Morgan fingerprint density at radius 2 is 1.86 bits per heavy atom. The molecule has 1 aliphatic carbocycles. The van der Waals surface area contributed by atoms with Crippen LogP contribution in [0.2, 0.25) is 0 Å². The predicted octanol–water partition coefficient (Wildman–Crippen LogP) is 3.03. The molecule has 1 fully saturated rings. The number of aryl methyl sites for hydroxylation is 1. The second-order valence-corrected chi connectivity index (χ2v) is 9.17. The number of ether oxygens (including phenoxy) is 1. The molecule has 1 saturated carbocycles.